The van der Waals surface area contributed by atoms with Crippen molar-refractivity contribution >= 4 is 57.9 Å². The fourth-order valence-corrected chi connectivity index (χ4v) is 9.16. The number of nitrogen functional groups attached to an aromatic ring is 1. The monoisotopic (exact) mass is 952 g/mol. The molecular weight excluding hydrogens is 898 g/mol. The number of H-pyrrole nitrogens is 1. The smallest absolute Gasteiger partial charge is 0.383 e. The largest absolute Gasteiger partial charge is 0.416 e. The van der Waals surface area contributed by atoms with Crippen LogP contribution in [0, 0.1) is 11.8 Å². The van der Waals surface area contributed by atoms with E-state index in [0.717, 1.165) is 67.1 Å². The van der Waals surface area contributed by atoms with Gasteiger partial charge in [-0.15, -0.1) is 0 Å². The van der Waals surface area contributed by atoms with Crippen molar-refractivity contribution in [3.63, 3.8) is 0 Å². The van der Waals surface area contributed by atoms with Crippen molar-refractivity contribution in [1.82, 2.24) is 40.6 Å². The van der Waals surface area contributed by atoms with Crippen LogP contribution in [0.3, 0.4) is 0 Å². The fourth-order valence-electron chi connectivity index (χ4n) is 9.16. The Bertz CT molecular complexity index is 2910. The number of pyridine rings is 2. The van der Waals surface area contributed by atoms with E-state index in [2.05, 4.69) is 61.1 Å². The SMILES string of the molecule is C=C(Nc1cc(C(F)(F)F)ccn1)c1ccc(-c2[nH]nc3c(/C=C/CCN(CC(=O)NC4CCCCC4)C(=O)CCCCC#Cc4ccc5c(c4)CN(C4CCC(=O)NC4=C)C5=O)cnc(N)c23)cc1. The highest BCUT2D eigenvalue weighted by molar-refractivity contribution is 6.03. The van der Waals surface area contributed by atoms with Crippen LogP contribution in [0.5, 0.6) is 0 Å². The molecule has 8 rings (SSSR count). The van der Waals surface area contributed by atoms with E-state index in [1.54, 1.807) is 34.2 Å². The Kier molecular flexibility index (Phi) is 15.1. The lowest BCUT2D eigenvalue weighted by atomic mass is 9.95. The number of fused-ring (bicyclic) bond motifs is 2. The molecule has 3 aliphatic rings. The summed E-state index contributed by atoms with van der Waals surface area (Å²) in [5, 5.41) is 17.0. The predicted octanol–water partition coefficient (Wildman–Crippen LogP) is 8.74. The zero-order valence-corrected chi connectivity index (χ0v) is 38.8. The van der Waals surface area contributed by atoms with Gasteiger partial charge in [-0.05, 0) is 80.0 Å². The molecule has 1 aliphatic carbocycles. The van der Waals surface area contributed by atoms with Gasteiger partial charge in [0.1, 0.15) is 17.2 Å². The minimum absolute atomic E-state index is 0.0147. The Balaban J connectivity index is 0.862. The molecule has 2 aliphatic heterocycles. The molecule has 0 spiro atoms. The number of carbonyl (C=O) groups is 4. The van der Waals surface area contributed by atoms with Crippen LogP contribution in [0.15, 0.2) is 91.9 Å². The molecule has 0 bridgehead atoms. The van der Waals surface area contributed by atoms with Crippen LogP contribution in [-0.4, -0.2) is 78.8 Å². The number of carbonyl (C=O) groups excluding carboxylic acids is 4. The number of amides is 4. The number of nitrogens with one attached hydrogen (secondary N) is 4. The van der Waals surface area contributed by atoms with Crippen LogP contribution in [0.1, 0.15) is 115 Å². The number of aromatic amines is 1. The zero-order chi connectivity index (χ0) is 49.4. The van der Waals surface area contributed by atoms with E-state index >= 15 is 0 Å². The maximum absolute atomic E-state index is 13.7. The number of rotatable bonds is 16. The Morgan fingerprint density at radius 1 is 1.01 bits per heavy atom. The zero-order valence-electron chi connectivity index (χ0n) is 38.8. The molecule has 2 fully saturated rings. The van der Waals surface area contributed by atoms with Gasteiger partial charge < -0.3 is 31.5 Å². The van der Waals surface area contributed by atoms with E-state index in [4.69, 9.17) is 5.73 Å². The lowest BCUT2D eigenvalue weighted by molar-refractivity contribution is -0.137. The second kappa shape index (κ2) is 21.7. The Labute approximate surface area is 404 Å². The fraction of sp³-hybridized carbons (Fsp3) is 0.340. The van der Waals surface area contributed by atoms with E-state index in [0.29, 0.717) is 96.3 Å². The van der Waals surface area contributed by atoms with Crippen LogP contribution >= 0.6 is 0 Å². The topological polar surface area (TPSA) is 191 Å². The van der Waals surface area contributed by atoms with Gasteiger partial charge in [0.2, 0.25) is 17.7 Å². The molecule has 1 atom stereocenters. The van der Waals surface area contributed by atoms with Gasteiger partial charge in [0.25, 0.3) is 5.91 Å². The first-order chi connectivity index (χ1) is 33.7. The van der Waals surface area contributed by atoms with Gasteiger partial charge in [0.15, 0.2) is 0 Å². The molecular formula is C53H55F3N10O4. The summed E-state index contributed by atoms with van der Waals surface area (Å²) in [7, 11) is 0. The average Bonchev–Trinajstić information content (AvgIpc) is 3.93. The first kappa shape index (κ1) is 48.7. The minimum Gasteiger partial charge on any atom is -0.383 e. The standard InChI is InChI=1S/C53H55F3N10O4/c1-33(60-44-29-40(25-26-58-44)53(54,55)56)36-18-20-37(21-19-36)49-48-50(64-63-49)38(30-59-51(48)57)13-10-11-27-65(32-46(68)62-41-14-7-5-8-15-41)47(69)16-9-4-3-6-12-35-17-22-42-39(28-35)31-66(52(42)70)43-23-24-45(67)61-34(43)2/h10,13,17-22,25-26,28-30,41,43H,1-5,7-9,11,14-16,23-24,27,31-32H2,(H2,57,59)(H,58,60)(H,61,67)(H,62,68)(H,63,64)/b13-10+. The minimum atomic E-state index is -4.50. The molecule has 3 aromatic heterocycles. The number of benzene rings is 2. The number of aromatic nitrogens is 4. The molecule has 17 heteroatoms. The predicted molar refractivity (Wildman–Crippen MR) is 263 cm³/mol. The number of unbranched alkanes of at least 4 members (excludes halogenated alkanes) is 2. The maximum Gasteiger partial charge on any atom is 0.416 e. The van der Waals surface area contributed by atoms with Crippen molar-refractivity contribution < 1.29 is 32.3 Å². The number of alkyl halides is 3. The summed E-state index contributed by atoms with van der Waals surface area (Å²) >= 11 is 0. The number of anilines is 2. The van der Waals surface area contributed by atoms with E-state index in [-0.39, 0.29) is 60.3 Å². The van der Waals surface area contributed by atoms with Gasteiger partial charge in [0, 0.05) is 84.4 Å². The van der Waals surface area contributed by atoms with Crippen molar-refractivity contribution in [2.45, 2.75) is 102 Å². The normalized spacial score (nSPS) is 16.2. The highest BCUT2D eigenvalue weighted by Gasteiger charge is 2.36. The summed E-state index contributed by atoms with van der Waals surface area (Å²) in [5.74, 6) is 6.25. The van der Waals surface area contributed by atoms with Gasteiger partial charge in [-0.1, -0.05) is 80.7 Å². The summed E-state index contributed by atoms with van der Waals surface area (Å²) in [6.45, 7) is 8.66. The van der Waals surface area contributed by atoms with Gasteiger partial charge in [0.05, 0.1) is 29.2 Å². The molecule has 5 heterocycles. The molecule has 5 aromatic rings. The number of piperidine rings is 1. The van der Waals surface area contributed by atoms with Crippen LogP contribution < -0.4 is 21.7 Å². The second-order valence-electron chi connectivity index (χ2n) is 17.9. The second-order valence-corrected chi connectivity index (χ2v) is 17.9. The number of halogens is 3. The summed E-state index contributed by atoms with van der Waals surface area (Å²) in [6.07, 6.45) is 10.6. The van der Waals surface area contributed by atoms with Gasteiger partial charge in [-0.25, -0.2) is 9.97 Å². The quantitative estimate of drug-likeness (QED) is 0.0476. The Morgan fingerprint density at radius 2 is 1.81 bits per heavy atom. The summed E-state index contributed by atoms with van der Waals surface area (Å²) in [5.41, 5.74) is 12.1. The highest BCUT2D eigenvalue weighted by atomic mass is 19.4. The number of nitrogens with zero attached hydrogens (tertiary/aromatic N) is 5. The first-order valence-electron chi connectivity index (χ1n) is 23.6. The van der Waals surface area contributed by atoms with Gasteiger partial charge in [-0.2, -0.15) is 18.3 Å². The number of hydrogen-bond acceptors (Lipinski definition) is 9. The molecule has 1 saturated heterocycles. The van der Waals surface area contributed by atoms with E-state index < -0.39 is 11.7 Å². The Morgan fingerprint density at radius 3 is 2.59 bits per heavy atom. The summed E-state index contributed by atoms with van der Waals surface area (Å²) in [6, 6.07) is 14.4. The number of nitrogens with two attached hydrogens (primary N) is 1. The molecule has 1 unspecified atom stereocenters. The third-order valence-electron chi connectivity index (χ3n) is 12.9. The maximum atomic E-state index is 13.7. The molecule has 362 valence electrons. The van der Waals surface area contributed by atoms with E-state index in [1.807, 2.05) is 36.4 Å². The third kappa shape index (κ3) is 11.7. The third-order valence-corrected chi connectivity index (χ3v) is 12.9. The molecule has 70 heavy (non-hydrogen) atoms. The molecule has 1 saturated carbocycles. The van der Waals surface area contributed by atoms with Crippen molar-refractivity contribution in [2.24, 2.45) is 0 Å². The number of hydrogen-bond donors (Lipinski definition) is 5. The summed E-state index contributed by atoms with van der Waals surface area (Å²) in [4.78, 5) is 63.7. The van der Waals surface area contributed by atoms with Crippen molar-refractivity contribution in [3.05, 3.63) is 125 Å². The van der Waals surface area contributed by atoms with Crippen molar-refractivity contribution in [1.29, 1.82) is 0 Å². The van der Waals surface area contributed by atoms with E-state index in [9.17, 15) is 32.3 Å². The van der Waals surface area contributed by atoms with Crippen LogP contribution in [0.4, 0.5) is 24.8 Å². The molecule has 2 aromatic carbocycles. The molecule has 14 nitrogen and oxygen atoms in total. The van der Waals surface area contributed by atoms with Crippen molar-refractivity contribution in [3.8, 4) is 23.1 Å². The van der Waals surface area contributed by atoms with Crippen LogP contribution in [0.25, 0.3) is 33.9 Å². The lowest BCUT2D eigenvalue weighted by Gasteiger charge is -2.32. The van der Waals surface area contributed by atoms with Crippen LogP contribution in [-0.2, 0) is 27.1 Å². The lowest BCUT2D eigenvalue weighted by Crippen LogP contribution is -2.45. The first-order valence-corrected chi connectivity index (χ1v) is 23.6. The molecule has 0 radical (unpaired) electrons. The highest BCUT2D eigenvalue weighted by Crippen LogP contribution is 2.34. The summed E-state index contributed by atoms with van der Waals surface area (Å²) < 4.78 is 39.7. The van der Waals surface area contributed by atoms with Gasteiger partial charge >= 0.3 is 6.18 Å². The molecule has 6 N–H and O–H groups in total. The molecule has 4 amide bonds. The van der Waals surface area contributed by atoms with Crippen LogP contribution in [0.2, 0.25) is 0 Å². The Hall–Kier alpha value is -7.74. The van der Waals surface area contributed by atoms with E-state index in [1.165, 1.54) is 0 Å². The average molecular weight is 953 g/mol. The van der Waals surface area contributed by atoms with Gasteiger partial charge in [-0.3, -0.25) is 24.3 Å². The van der Waals surface area contributed by atoms with Crippen molar-refractivity contribution in [2.75, 3.05) is 24.1 Å².